The topological polar surface area (TPSA) is 23.5 Å². The molecule has 0 fully saturated rings. The summed E-state index contributed by atoms with van der Waals surface area (Å²) in [5, 5.41) is 9.64. The molecule has 0 aromatic carbocycles. The van der Waals surface area contributed by atoms with E-state index in [0.717, 1.165) is 13.0 Å². The van der Waals surface area contributed by atoms with Gasteiger partial charge in [-0.2, -0.15) is 0 Å². The minimum absolute atomic E-state index is 0.253. The highest BCUT2D eigenvalue weighted by atomic mass is 16.3. The van der Waals surface area contributed by atoms with Crippen molar-refractivity contribution in [1.82, 2.24) is 4.90 Å². The second-order valence-corrected chi connectivity index (χ2v) is 3.36. The van der Waals surface area contributed by atoms with Gasteiger partial charge in [0, 0.05) is 6.04 Å². The summed E-state index contributed by atoms with van der Waals surface area (Å²) < 4.78 is 0. The summed E-state index contributed by atoms with van der Waals surface area (Å²) >= 11 is 0. The Balaban J connectivity index is 3.94. The molecule has 2 heteroatoms. The molecule has 0 aliphatic carbocycles. The maximum Gasteiger partial charge on any atom is 0.107 e. The van der Waals surface area contributed by atoms with E-state index in [4.69, 9.17) is 0 Å². The van der Waals surface area contributed by atoms with E-state index in [2.05, 4.69) is 25.7 Å². The number of nitrogens with zero attached hydrogens (tertiary/aromatic N) is 1. The third-order valence-corrected chi connectivity index (χ3v) is 2.39. The van der Waals surface area contributed by atoms with E-state index in [1.54, 1.807) is 0 Å². The Bertz CT molecular complexity index is 106. The number of aliphatic hydroxyl groups is 1. The lowest BCUT2D eigenvalue weighted by Crippen LogP contribution is -2.41. The molecule has 0 aromatic rings. The minimum Gasteiger partial charge on any atom is -0.378 e. The van der Waals surface area contributed by atoms with Gasteiger partial charge in [0.05, 0.1) is 0 Å². The van der Waals surface area contributed by atoms with Gasteiger partial charge < -0.3 is 5.11 Å². The van der Waals surface area contributed by atoms with Crippen molar-refractivity contribution in [1.29, 1.82) is 0 Å². The molecule has 12 heavy (non-hydrogen) atoms. The van der Waals surface area contributed by atoms with Crippen molar-refractivity contribution in [2.75, 3.05) is 6.54 Å². The molecule has 0 rings (SSSR count). The highest BCUT2D eigenvalue weighted by molar-refractivity contribution is 4.67. The van der Waals surface area contributed by atoms with Crippen molar-refractivity contribution >= 4 is 0 Å². The van der Waals surface area contributed by atoms with Gasteiger partial charge in [-0.25, -0.2) is 0 Å². The first kappa shape index (κ1) is 11.9. The van der Waals surface area contributed by atoms with Crippen LogP contribution >= 0.6 is 0 Å². The van der Waals surface area contributed by atoms with E-state index in [9.17, 15) is 5.11 Å². The maximum absolute atomic E-state index is 9.64. The summed E-state index contributed by atoms with van der Waals surface area (Å²) in [5.41, 5.74) is 0. The zero-order valence-corrected chi connectivity index (χ0v) is 8.88. The third kappa shape index (κ3) is 3.55. The average Bonchev–Trinajstić information content (AvgIpc) is 2.06. The van der Waals surface area contributed by atoms with E-state index in [-0.39, 0.29) is 6.23 Å². The van der Waals surface area contributed by atoms with E-state index in [0.29, 0.717) is 6.04 Å². The Morgan fingerprint density at radius 3 is 2.17 bits per heavy atom. The van der Waals surface area contributed by atoms with E-state index in [1.807, 2.05) is 6.92 Å². The summed E-state index contributed by atoms with van der Waals surface area (Å²) in [6.07, 6.45) is 2.93. The second-order valence-electron chi connectivity index (χ2n) is 3.36. The lowest BCUT2D eigenvalue weighted by molar-refractivity contribution is -0.0214. The van der Waals surface area contributed by atoms with Crippen LogP contribution in [0.25, 0.3) is 0 Å². The highest BCUT2D eigenvalue weighted by Crippen LogP contribution is 2.10. The second kappa shape index (κ2) is 6.44. The Labute approximate surface area is 76.6 Å². The normalized spacial score (nSPS) is 16.5. The predicted octanol–water partition coefficient (Wildman–Crippen LogP) is 2.23. The number of aliphatic hydroxyl groups excluding tert-OH is 1. The van der Waals surface area contributed by atoms with Crippen LogP contribution in [0.2, 0.25) is 0 Å². The van der Waals surface area contributed by atoms with Gasteiger partial charge in [-0.05, 0) is 26.3 Å². The molecule has 0 spiro atoms. The first-order valence-electron chi connectivity index (χ1n) is 5.11. The van der Waals surface area contributed by atoms with Crippen LogP contribution in [0.15, 0.2) is 0 Å². The van der Waals surface area contributed by atoms with Gasteiger partial charge in [-0.15, -0.1) is 0 Å². The summed E-state index contributed by atoms with van der Waals surface area (Å²) in [7, 11) is 0. The molecule has 0 aromatic heterocycles. The van der Waals surface area contributed by atoms with Gasteiger partial charge in [0.2, 0.25) is 0 Å². The molecular weight excluding hydrogens is 150 g/mol. The van der Waals surface area contributed by atoms with Gasteiger partial charge in [0.25, 0.3) is 0 Å². The quantitative estimate of drug-likeness (QED) is 0.623. The van der Waals surface area contributed by atoms with Crippen molar-refractivity contribution in [3.05, 3.63) is 0 Å². The fraction of sp³-hybridized carbons (Fsp3) is 1.00. The monoisotopic (exact) mass is 173 g/mol. The van der Waals surface area contributed by atoms with Crippen LogP contribution in [0.3, 0.4) is 0 Å². The van der Waals surface area contributed by atoms with Crippen molar-refractivity contribution in [3.8, 4) is 0 Å². The largest absolute Gasteiger partial charge is 0.378 e. The molecular formula is C10H23NO. The van der Waals surface area contributed by atoms with Crippen molar-refractivity contribution in [2.45, 2.75) is 59.2 Å². The molecule has 0 bridgehead atoms. The molecule has 0 aliphatic heterocycles. The Morgan fingerprint density at radius 2 is 1.83 bits per heavy atom. The van der Waals surface area contributed by atoms with Crippen LogP contribution in [0, 0.1) is 0 Å². The molecule has 0 saturated carbocycles. The van der Waals surface area contributed by atoms with E-state index in [1.165, 1.54) is 12.8 Å². The Morgan fingerprint density at radius 1 is 1.25 bits per heavy atom. The average molecular weight is 173 g/mol. The van der Waals surface area contributed by atoms with Crippen molar-refractivity contribution < 1.29 is 5.11 Å². The maximum atomic E-state index is 9.64. The molecule has 2 atom stereocenters. The van der Waals surface area contributed by atoms with Gasteiger partial charge in [-0.3, -0.25) is 4.90 Å². The minimum atomic E-state index is -0.253. The molecule has 0 amide bonds. The van der Waals surface area contributed by atoms with Gasteiger partial charge in [0.15, 0.2) is 0 Å². The van der Waals surface area contributed by atoms with Crippen LogP contribution in [0.1, 0.15) is 47.0 Å². The van der Waals surface area contributed by atoms with Gasteiger partial charge >= 0.3 is 0 Å². The van der Waals surface area contributed by atoms with Gasteiger partial charge in [0.1, 0.15) is 6.23 Å². The van der Waals surface area contributed by atoms with Crippen molar-refractivity contribution in [2.24, 2.45) is 0 Å². The van der Waals surface area contributed by atoms with E-state index >= 15 is 0 Å². The van der Waals surface area contributed by atoms with Crippen LogP contribution in [0.4, 0.5) is 0 Å². The zero-order chi connectivity index (χ0) is 9.56. The summed E-state index contributed by atoms with van der Waals surface area (Å²) in [6, 6.07) is 0.509. The highest BCUT2D eigenvalue weighted by Gasteiger charge is 2.17. The Kier molecular flexibility index (Phi) is 6.39. The summed E-state index contributed by atoms with van der Waals surface area (Å²) in [5.74, 6) is 0. The van der Waals surface area contributed by atoms with Crippen LogP contribution in [0.5, 0.6) is 0 Å². The summed E-state index contributed by atoms with van der Waals surface area (Å²) in [4.78, 5) is 2.16. The molecule has 2 unspecified atom stereocenters. The number of rotatable bonds is 6. The van der Waals surface area contributed by atoms with Crippen molar-refractivity contribution in [3.63, 3.8) is 0 Å². The smallest absolute Gasteiger partial charge is 0.107 e. The fourth-order valence-corrected chi connectivity index (χ4v) is 1.63. The third-order valence-electron chi connectivity index (χ3n) is 2.39. The molecule has 0 radical (unpaired) electrons. The fourth-order valence-electron chi connectivity index (χ4n) is 1.63. The number of hydrogen-bond donors (Lipinski definition) is 1. The van der Waals surface area contributed by atoms with Gasteiger partial charge in [-0.1, -0.05) is 27.2 Å². The lowest BCUT2D eigenvalue weighted by Gasteiger charge is -2.31. The molecule has 0 saturated heterocycles. The van der Waals surface area contributed by atoms with Crippen LogP contribution in [-0.2, 0) is 0 Å². The summed E-state index contributed by atoms with van der Waals surface area (Å²) in [6.45, 7) is 9.43. The standard InChI is InChI=1S/C10H23NO/c1-5-8-9(4)11(7-3)10(12)6-2/h9-10,12H,5-8H2,1-4H3. The van der Waals surface area contributed by atoms with E-state index < -0.39 is 0 Å². The first-order chi connectivity index (χ1) is 5.67. The lowest BCUT2D eigenvalue weighted by atomic mass is 10.1. The first-order valence-corrected chi connectivity index (χ1v) is 5.11. The predicted molar refractivity (Wildman–Crippen MR) is 53.0 cm³/mol. The zero-order valence-electron chi connectivity index (χ0n) is 8.88. The SMILES string of the molecule is CCCC(C)N(CC)C(O)CC. The Hall–Kier alpha value is -0.0800. The molecule has 74 valence electrons. The molecule has 2 nitrogen and oxygen atoms in total. The van der Waals surface area contributed by atoms with Crippen LogP contribution < -0.4 is 0 Å². The molecule has 1 N–H and O–H groups in total. The van der Waals surface area contributed by atoms with Crippen LogP contribution in [-0.4, -0.2) is 28.8 Å². The molecule has 0 heterocycles. The number of hydrogen-bond acceptors (Lipinski definition) is 2. The molecule has 0 aliphatic rings.